The number of halogens is 1. The fourth-order valence-corrected chi connectivity index (χ4v) is 4.13. The SMILES string of the molecule is CCCC(C)OC(=O)c1ccccc1C1CCC(CC/C=C/C=C(F)C#N)CC1. The molecule has 2 rings (SSSR count). The average molecular weight is 398 g/mol. The molecule has 0 radical (unpaired) electrons. The number of nitriles is 1. The molecule has 1 aromatic carbocycles. The van der Waals surface area contributed by atoms with Gasteiger partial charge >= 0.3 is 5.97 Å². The molecule has 0 aromatic heterocycles. The van der Waals surface area contributed by atoms with Crippen LogP contribution >= 0.6 is 0 Å². The highest BCUT2D eigenvalue weighted by molar-refractivity contribution is 5.91. The molecule has 156 valence electrons. The van der Waals surface area contributed by atoms with E-state index in [1.165, 1.54) is 12.1 Å². The van der Waals surface area contributed by atoms with E-state index >= 15 is 0 Å². The largest absolute Gasteiger partial charge is 0.459 e. The maximum absolute atomic E-state index is 12.7. The Kier molecular flexibility index (Phi) is 9.64. The highest BCUT2D eigenvalue weighted by atomic mass is 19.1. The summed E-state index contributed by atoms with van der Waals surface area (Å²) >= 11 is 0. The summed E-state index contributed by atoms with van der Waals surface area (Å²) in [5, 5.41) is 8.38. The molecule has 0 saturated heterocycles. The minimum Gasteiger partial charge on any atom is -0.459 e. The van der Waals surface area contributed by atoms with Crippen LogP contribution in [0.4, 0.5) is 4.39 Å². The average Bonchev–Trinajstić information content (AvgIpc) is 2.74. The second kappa shape index (κ2) is 12.2. The third-order valence-electron chi connectivity index (χ3n) is 5.70. The molecule has 0 aliphatic heterocycles. The van der Waals surface area contributed by atoms with Crippen LogP contribution in [-0.4, -0.2) is 12.1 Å². The summed E-state index contributed by atoms with van der Waals surface area (Å²) in [4.78, 5) is 12.6. The van der Waals surface area contributed by atoms with Crippen molar-refractivity contribution in [2.45, 2.75) is 77.2 Å². The summed E-state index contributed by atoms with van der Waals surface area (Å²) in [5.74, 6) is 0.0959. The molecule has 0 bridgehead atoms. The first-order valence-electron chi connectivity index (χ1n) is 10.8. The fraction of sp³-hybridized carbons (Fsp3) is 0.520. The van der Waals surface area contributed by atoms with Gasteiger partial charge in [0.25, 0.3) is 0 Å². The van der Waals surface area contributed by atoms with Crippen LogP contribution < -0.4 is 0 Å². The topological polar surface area (TPSA) is 50.1 Å². The Balaban J connectivity index is 1.88. The van der Waals surface area contributed by atoms with Crippen LogP contribution in [0.15, 0.2) is 48.3 Å². The monoisotopic (exact) mass is 397 g/mol. The van der Waals surface area contributed by atoms with Crippen molar-refractivity contribution in [2.24, 2.45) is 5.92 Å². The van der Waals surface area contributed by atoms with Crippen molar-refractivity contribution in [3.63, 3.8) is 0 Å². The van der Waals surface area contributed by atoms with Crippen molar-refractivity contribution in [1.29, 1.82) is 5.26 Å². The van der Waals surface area contributed by atoms with Gasteiger partial charge in [0.2, 0.25) is 0 Å². The molecule has 1 saturated carbocycles. The lowest BCUT2D eigenvalue weighted by atomic mass is 9.76. The summed E-state index contributed by atoms with van der Waals surface area (Å²) < 4.78 is 18.4. The summed E-state index contributed by atoms with van der Waals surface area (Å²) in [6.07, 6.45) is 13.0. The lowest BCUT2D eigenvalue weighted by molar-refractivity contribution is 0.0321. The van der Waals surface area contributed by atoms with Crippen LogP contribution in [0.25, 0.3) is 0 Å². The molecule has 0 heterocycles. The van der Waals surface area contributed by atoms with E-state index in [9.17, 15) is 9.18 Å². The zero-order chi connectivity index (χ0) is 21.1. The lowest BCUT2D eigenvalue weighted by Crippen LogP contribution is -2.19. The van der Waals surface area contributed by atoms with Gasteiger partial charge in [0.05, 0.1) is 11.7 Å². The number of ether oxygens (including phenoxy) is 1. The molecule has 0 N–H and O–H groups in total. The van der Waals surface area contributed by atoms with Crippen LogP contribution in [0.3, 0.4) is 0 Å². The third kappa shape index (κ3) is 7.49. The Morgan fingerprint density at radius 3 is 2.72 bits per heavy atom. The van der Waals surface area contributed by atoms with Gasteiger partial charge in [0.1, 0.15) is 6.07 Å². The molecule has 1 fully saturated rings. The van der Waals surface area contributed by atoms with E-state index < -0.39 is 5.83 Å². The van der Waals surface area contributed by atoms with Gasteiger partial charge in [-0.1, -0.05) is 43.7 Å². The predicted octanol–water partition coefficient (Wildman–Crippen LogP) is 7.02. The van der Waals surface area contributed by atoms with Crippen molar-refractivity contribution in [3.8, 4) is 6.07 Å². The van der Waals surface area contributed by atoms with Crippen molar-refractivity contribution in [2.75, 3.05) is 0 Å². The van der Waals surface area contributed by atoms with Gasteiger partial charge in [-0.25, -0.2) is 4.79 Å². The second-order valence-corrected chi connectivity index (χ2v) is 7.94. The first-order chi connectivity index (χ1) is 14.0. The van der Waals surface area contributed by atoms with E-state index in [0.29, 0.717) is 17.4 Å². The number of carbonyl (C=O) groups is 1. The van der Waals surface area contributed by atoms with Gasteiger partial charge in [0, 0.05) is 0 Å². The number of carbonyl (C=O) groups excluding carboxylic acids is 1. The van der Waals surface area contributed by atoms with Gasteiger partial charge in [-0.05, 0) is 81.4 Å². The normalized spacial score (nSPS) is 21.0. The molecule has 29 heavy (non-hydrogen) atoms. The zero-order valence-corrected chi connectivity index (χ0v) is 17.6. The molecule has 3 nitrogen and oxygen atoms in total. The van der Waals surface area contributed by atoms with Gasteiger partial charge < -0.3 is 4.74 Å². The molecular weight excluding hydrogens is 365 g/mol. The number of hydrogen-bond acceptors (Lipinski definition) is 3. The van der Waals surface area contributed by atoms with Gasteiger partial charge in [0.15, 0.2) is 5.83 Å². The highest BCUT2D eigenvalue weighted by Gasteiger charge is 2.26. The molecule has 1 aliphatic carbocycles. The summed E-state index contributed by atoms with van der Waals surface area (Å²) in [7, 11) is 0. The smallest absolute Gasteiger partial charge is 0.338 e. The Labute approximate surface area is 174 Å². The van der Waals surface area contributed by atoms with Crippen molar-refractivity contribution in [1.82, 2.24) is 0 Å². The number of rotatable bonds is 9. The van der Waals surface area contributed by atoms with Gasteiger partial charge in [-0.3, -0.25) is 0 Å². The quantitative estimate of drug-likeness (QED) is 0.255. The number of benzene rings is 1. The molecule has 1 aromatic rings. The Morgan fingerprint density at radius 2 is 2.03 bits per heavy atom. The van der Waals surface area contributed by atoms with E-state index in [0.717, 1.165) is 56.9 Å². The standard InChI is InChI=1S/C25H32FNO2/c1-3-9-19(2)29-25(28)24-13-8-7-12-23(24)21-16-14-20(15-17-21)10-5-4-6-11-22(26)18-27/h4,6-8,11-13,19-21H,3,5,9-10,14-17H2,1-2H3/b6-4+,22-11?. The minimum atomic E-state index is -0.761. The third-order valence-corrected chi connectivity index (χ3v) is 5.70. The zero-order valence-electron chi connectivity index (χ0n) is 17.6. The number of allylic oxidation sites excluding steroid dienone is 4. The van der Waals surface area contributed by atoms with Crippen LogP contribution in [-0.2, 0) is 4.74 Å². The van der Waals surface area contributed by atoms with Crippen molar-refractivity contribution >= 4 is 5.97 Å². The second-order valence-electron chi connectivity index (χ2n) is 7.94. The van der Waals surface area contributed by atoms with Crippen LogP contribution in [0.2, 0.25) is 0 Å². The van der Waals surface area contributed by atoms with E-state index in [1.807, 2.05) is 31.2 Å². The van der Waals surface area contributed by atoms with E-state index in [4.69, 9.17) is 10.00 Å². The highest BCUT2D eigenvalue weighted by Crippen LogP contribution is 2.39. The number of hydrogen-bond donors (Lipinski definition) is 0. The Bertz CT molecular complexity index is 754. The van der Waals surface area contributed by atoms with E-state index in [1.54, 1.807) is 6.08 Å². The van der Waals surface area contributed by atoms with Crippen molar-refractivity contribution in [3.05, 3.63) is 59.4 Å². The summed E-state index contributed by atoms with van der Waals surface area (Å²) in [6, 6.07) is 9.34. The predicted molar refractivity (Wildman–Crippen MR) is 114 cm³/mol. The Morgan fingerprint density at radius 1 is 1.31 bits per heavy atom. The van der Waals surface area contributed by atoms with Gasteiger partial charge in [-0.15, -0.1) is 0 Å². The Hall–Kier alpha value is -2.41. The minimum absolute atomic E-state index is 0.0548. The molecule has 1 unspecified atom stereocenters. The number of esters is 1. The van der Waals surface area contributed by atoms with E-state index in [-0.39, 0.29) is 12.1 Å². The van der Waals surface area contributed by atoms with Crippen LogP contribution in [0.5, 0.6) is 0 Å². The lowest BCUT2D eigenvalue weighted by Gasteiger charge is -2.29. The fourth-order valence-electron chi connectivity index (χ4n) is 4.13. The van der Waals surface area contributed by atoms with E-state index in [2.05, 4.69) is 13.0 Å². The van der Waals surface area contributed by atoms with Crippen LogP contribution in [0.1, 0.15) is 87.1 Å². The first kappa shape index (κ1) is 22.9. The molecule has 1 aliphatic rings. The summed E-state index contributed by atoms with van der Waals surface area (Å²) in [5.41, 5.74) is 1.84. The van der Waals surface area contributed by atoms with Gasteiger partial charge in [-0.2, -0.15) is 9.65 Å². The maximum atomic E-state index is 12.7. The molecular formula is C25H32FNO2. The number of nitrogens with zero attached hydrogens (tertiary/aromatic N) is 1. The van der Waals surface area contributed by atoms with Crippen LogP contribution in [0, 0.1) is 17.2 Å². The van der Waals surface area contributed by atoms with Crippen molar-refractivity contribution < 1.29 is 13.9 Å². The first-order valence-corrected chi connectivity index (χ1v) is 10.8. The molecule has 0 amide bonds. The molecule has 0 spiro atoms. The summed E-state index contributed by atoms with van der Waals surface area (Å²) in [6.45, 7) is 4.04. The maximum Gasteiger partial charge on any atom is 0.338 e. The molecule has 4 heteroatoms. The molecule has 1 atom stereocenters.